The molecule has 1 N–H and O–H groups in total. The quantitative estimate of drug-likeness (QED) is 0.0693. The fraction of sp³-hybridized carbons (Fsp3) is 0.771. The summed E-state index contributed by atoms with van der Waals surface area (Å²) < 4.78 is 5.25. The second kappa shape index (κ2) is 23.3. The first-order chi connectivity index (χ1) is 28.9. The summed E-state index contributed by atoms with van der Waals surface area (Å²) in [6.07, 6.45) is 12.4. The van der Waals surface area contributed by atoms with Crippen LogP contribution < -0.4 is 5.32 Å². The van der Waals surface area contributed by atoms with Crippen molar-refractivity contribution in [2.75, 3.05) is 40.8 Å². The first-order valence-electron chi connectivity index (χ1n) is 23.0. The highest BCUT2D eigenvalue weighted by Crippen LogP contribution is 2.35. The molecule has 0 saturated carbocycles. The summed E-state index contributed by atoms with van der Waals surface area (Å²) in [6, 6.07) is -3.45. The molecule has 2 saturated heterocycles. The number of nitrogens with zero attached hydrogens (tertiary/aromatic N) is 5. The molecule has 0 aromatic heterocycles. The topological polar surface area (TPSA) is 157 Å². The monoisotopic (exact) mass is 869 g/mol. The highest BCUT2D eigenvalue weighted by Gasteiger charge is 2.53. The minimum absolute atomic E-state index is 0.205. The molecule has 0 aromatic rings. The highest BCUT2D eigenvalue weighted by atomic mass is 16.5. The molecule has 2 fully saturated rings. The number of carbonyl (C=O) groups is 7. The molecule has 2 heterocycles. The van der Waals surface area contributed by atoms with E-state index in [0.717, 1.165) is 6.42 Å². The summed E-state index contributed by atoms with van der Waals surface area (Å²) in [5, 5.41) is 3.03. The van der Waals surface area contributed by atoms with Gasteiger partial charge in [-0.05, 0) is 89.9 Å². The molecule has 0 spiro atoms. The zero-order valence-electron chi connectivity index (χ0n) is 40.8. The van der Waals surface area contributed by atoms with Gasteiger partial charge in [0.05, 0.1) is 6.61 Å². The number of hydrogen-bond acceptors (Lipinski definition) is 8. The number of likely N-dealkylation sites (N-methyl/N-ethyl adjacent to an activating group) is 3. The van der Waals surface area contributed by atoms with Gasteiger partial charge in [-0.15, -0.1) is 12.3 Å². The zero-order valence-corrected chi connectivity index (χ0v) is 40.8. The molecule has 14 nitrogen and oxygen atoms in total. The third-order valence-corrected chi connectivity index (χ3v) is 13.9. The molecule has 0 aromatic carbocycles. The molecule has 0 radical (unpaired) electrons. The van der Waals surface area contributed by atoms with Gasteiger partial charge in [-0.1, -0.05) is 74.3 Å². The average molecular weight is 869 g/mol. The number of unbranched alkanes of at least 4 members (excludes halogenated alkanes) is 2. The maximum Gasteiger partial charge on any atom is 0.328 e. The Morgan fingerprint density at radius 2 is 1.35 bits per heavy atom. The Hall–Kier alpha value is -4.41. The van der Waals surface area contributed by atoms with Crippen LogP contribution in [0.2, 0.25) is 0 Å². The van der Waals surface area contributed by atoms with Crippen LogP contribution in [0, 0.1) is 36.0 Å². The van der Waals surface area contributed by atoms with Crippen LogP contribution in [0.1, 0.15) is 141 Å². The van der Waals surface area contributed by atoms with Crippen LogP contribution in [0.5, 0.6) is 0 Å². The van der Waals surface area contributed by atoms with Crippen LogP contribution in [0.15, 0.2) is 11.6 Å². The van der Waals surface area contributed by atoms with Gasteiger partial charge in [0.2, 0.25) is 35.4 Å². The number of carbonyl (C=O) groups excluding carboxylic acids is 7. The molecule has 6 amide bonds. The predicted octanol–water partition coefficient (Wildman–Crippen LogP) is 5.43. The first-order valence-corrected chi connectivity index (χ1v) is 23.0. The van der Waals surface area contributed by atoms with Crippen LogP contribution >= 0.6 is 0 Å². The maximum absolute atomic E-state index is 15.2. The lowest BCUT2D eigenvalue weighted by Crippen LogP contribution is -2.70. The molecule has 14 heteroatoms. The summed E-state index contributed by atoms with van der Waals surface area (Å²) >= 11 is 0. The zero-order chi connectivity index (χ0) is 47.4. The van der Waals surface area contributed by atoms with Crippen LogP contribution in [-0.4, -0.2) is 142 Å². The van der Waals surface area contributed by atoms with E-state index >= 15 is 4.79 Å². The van der Waals surface area contributed by atoms with E-state index in [-0.39, 0.29) is 42.1 Å². The molecule has 2 aliphatic rings. The number of allylic oxidation sites excluding steroid dienone is 1. The van der Waals surface area contributed by atoms with Crippen molar-refractivity contribution in [2.24, 2.45) is 23.7 Å². The van der Waals surface area contributed by atoms with Crippen molar-refractivity contribution in [1.29, 1.82) is 0 Å². The predicted molar refractivity (Wildman–Crippen MR) is 242 cm³/mol. The molecule has 2 rings (SSSR count). The maximum atomic E-state index is 15.2. The van der Waals surface area contributed by atoms with E-state index in [9.17, 15) is 28.8 Å². The van der Waals surface area contributed by atoms with Crippen molar-refractivity contribution in [2.45, 2.75) is 176 Å². The van der Waals surface area contributed by atoms with Crippen molar-refractivity contribution in [1.82, 2.24) is 29.8 Å². The highest BCUT2D eigenvalue weighted by molar-refractivity contribution is 6.01. The SMILES string of the molecule is C#CCCC/C=C(\C)C(=O)N[C@](C)(C(=O)N(C)[C@](C)(C(=O)N(C)[C@H](C(=O)N(C)[C@H](C(=O)N1CCC[C@H]1C(=O)N1CCC[C@H]1C(=O)OCC)C(C)C)C(C)C)[C@@H](C)CC)[C@@H](C)CC. The summed E-state index contributed by atoms with van der Waals surface area (Å²) in [5.74, 6) is -1.67. The van der Waals surface area contributed by atoms with Gasteiger partial charge in [-0.25, -0.2) is 4.79 Å². The normalized spacial score (nSPS) is 20.6. The molecular weight excluding hydrogens is 789 g/mol. The fourth-order valence-corrected chi connectivity index (χ4v) is 9.17. The van der Waals surface area contributed by atoms with E-state index in [1.807, 2.05) is 61.5 Å². The van der Waals surface area contributed by atoms with Crippen LogP contribution in [0.25, 0.3) is 0 Å². The summed E-state index contributed by atoms with van der Waals surface area (Å²) in [5.41, 5.74) is -2.38. The van der Waals surface area contributed by atoms with E-state index in [1.165, 1.54) is 14.7 Å². The van der Waals surface area contributed by atoms with Crippen molar-refractivity contribution in [3.05, 3.63) is 11.6 Å². The molecule has 2 aliphatic heterocycles. The van der Waals surface area contributed by atoms with E-state index in [2.05, 4.69) is 11.2 Å². The van der Waals surface area contributed by atoms with E-state index < -0.39 is 64.9 Å². The lowest BCUT2D eigenvalue weighted by molar-refractivity contribution is -0.164. The van der Waals surface area contributed by atoms with Crippen molar-refractivity contribution in [3.8, 4) is 12.3 Å². The number of likely N-dealkylation sites (tertiary alicyclic amines) is 2. The van der Waals surface area contributed by atoms with Gasteiger partial charge < -0.3 is 34.6 Å². The Kier molecular flexibility index (Phi) is 20.2. The Morgan fingerprint density at radius 3 is 1.87 bits per heavy atom. The van der Waals surface area contributed by atoms with Crippen molar-refractivity contribution < 1.29 is 38.3 Å². The van der Waals surface area contributed by atoms with Gasteiger partial charge >= 0.3 is 5.97 Å². The minimum atomic E-state index is -1.46. The van der Waals surface area contributed by atoms with Crippen molar-refractivity contribution in [3.63, 3.8) is 0 Å². The number of rotatable bonds is 21. The molecule has 350 valence electrons. The summed E-state index contributed by atoms with van der Waals surface area (Å²) in [4.78, 5) is 107. The second-order valence-electron chi connectivity index (χ2n) is 18.6. The summed E-state index contributed by atoms with van der Waals surface area (Å²) in [7, 11) is 4.73. The second-order valence-corrected chi connectivity index (χ2v) is 18.6. The summed E-state index contributed by atoms with van der Waals surface area (Å²) in [6.45, 7) is 22.8. The van der Waals surface area contributed by atoms with E-state index in [1.54, 1.807) is 58.6 Å². The van der Waals surface area contributed by atoms with Crippen molar-refractivity contribution >= 4 is 41.4 Å². The number of amides is 6. The molecule has 0 aliphatic carbocycles. The van der Waals surface area contributed by atoms with Gasteiger partial charge in [0.25, 0.3) is 0 Å². The number of ether oxygens (including phenoxy) is 1. The third kappa shape index (κ3) is 11.6. The molecule has 0 unspecified atom stereocenters. The molecule has 8 atom stereocenters. The number of nitrogens with one attached hydrogen (secondary N) is 1. The molecule has 62 heavy (non-hydrogen) atoms. The number of terminal acetylenes is 1. The van der Waals surface area contributed by atoms with Gasteiger partial charge in [0.15, 0.2) is 0 Å². The van der Waals surface area contributed by atoms with Crippen LogP contribution in [-0.2, 0) is 38.3 Å². The van der Waals surface area contributed by atoms with E-state index in [0.29, 0.717) is 70.0 Å². The van der Waals surface area contributed by atoms with E-state index in [4.69, 9.17) is 11.2 Å². The van der Waals surface area contributed by atoms with Gasteiger partial charge in [-0.2, -0.15) is 0 Å². The Labute approximate surface area is 373 Å². The minimum Gasteiger partial charge on any atom is -0.464 e. The first kappa shape index (κ1) is 53.7. The largest absolute Gasteiger partial charge is 0.464 e. The average Bonchev–Trinajstić information content (AvgIpc) is 3.94. The fourth-order valence-electron chi connectivity index (χ4n) is 9.17. The lowest BCUT2D eigenvalue weighted by Gasteiger charge is -2.49. The van der Waals surface area contributed by atoms with Gasteiger partial charge in [-0.3, -0.25) is 28.8 Å². The van der Waals surface area contributed by atoms with Gasteiger partial charge in [0.1, 0.15) is 35.2 Å². The van der Waals surface area contributed by atoms with Crippen LogP contribution in [0.4, 0.5) is 0 Å². The third-order valence-electron chi connectivity index (χ3n) is 13.9. The number of hydrogen-bond donors (Lipinski definition) is 1. The Morgan fingerprint density at radius 1 is 0.806 bits per heavy atom. The Balaban J connectivity index is 2.51. The Bertz CT molecular complexity index is 1690. The molecule has 0 bridgehead atoms. The lowest BCUT2D eigenvalue weighted by atomic mass is 9.78. The van der Waals surface area contributed by atoms with Crippen LogP contribution in [0.3, 0.4) is 0 Å². The molecular formula is C48H80N6O8. The smallest absolute Gasteiger partial charge is 0.328 e. The van der Waals surface area contributed by atoms with Gasteiger partial charge in [0, 0.05) is 46.2 Å². The standard InChI is InChI=1S/C48H80N6O8/c1-17-21-22-23-26-33(9)40(55)49-47(12,34(10)18-2)45(60)52(16)48(13,35(11)19-3)46(61)51(15)38(31(5)6)42(57)50(14)39(32(7)8)43(58)53-29-24-27-36(53)41(56)54-30-25-28-37(54)44(59)62-20-4/h1,26,31-32,34-39H,18-25,27-30H2,2-16H3,(H,49,55)/b33-26+/t34-,35-,36-,37-,38-,39-,47-,48-/m0/s1. The number of esters is 1.